The maximum absolute atomic E-state index is 12.5. The molecule has 1 aromatic carbocycles. The van der Waals surface area contributed by atoms with Crippen LogP contribution in [0.1, 0.15) is 37.2 Å². The molecule has 21 heavy (non-hydrogen) atoms. The first-order valence-corrected chi connectivity index (χ1v) is 7.74. The van der Waals surface area contributed by atoms with Crippen LogP contribution in [0.3, 0.4) is 0 Å². The maximum atomic E-state index is 12.5. The summed E-state index contributed by atoms with van der Waals surface area (Å²) < 4.78 is 12.7. The fourth-order valence-electron chi connectivity index (χ4n) is 3.69. The lowest BCUT2D eigenvalue weighted by molar-refractivity contribution is -0.155. The highest BCUT2D eigenvalue weighted by Gasteiger charge is 2.40. The molecule has 2 bridgehead atoms. The monoisotopic (exact) mass is 290 g/mol. The summed E-state index contributed by atoms with van der Waals surface area (Å²) in [7, 11) is 2.17. The van der Waals surface area contributed by atoms with Crippen molar-refractivity contribution in [3.8, 4) is 0 Å². The van der Waals surface area contributed by atoms with Crippen LogP contribution in [0.2, 0.25) is 0 Å². The Morgan fingerprint density at radius 2 is 2.05 bits per heavy atom. The van der Waals surface area contributed by atoms with Crippen molar-refractivity contribution in [3.05, 3.63) is 35.9 Å². The van der Waals surface area contributed by atoms with Crippen molar-refractivity contribution in [1.29, 1.82) is 1.43 Å². The minimum Gasteiger partial charge on any atom is -0.462 e. The summed E-state index contributed by atoms with van der Waals surface area (Å²) in [5.74, 6) is -0.789. The van der Waals surface area contributed by atoms with Gasteiger partial charge in [0.25, 0.3) is 0 Å². The average molecular weight is 290 g/mol. The predicted molar refractivity (Wildman–Crippen MR) is 80.0 cm³/mol. The van der Waals surface area contributed by atoms with Crippen LogP contribution in [0.4, 0.5) is 0 Å². The zero-order valence-corrected chi connectivity index (χ0v) is 12.4. The molecule has 4 nitrogen and oxygen atoms in total. The number of fused-ring (bicyclic) bond motifs is 2. The second kappa shape index (κ2) is 6.16. The first kappa shape index (κ1) is 13.3. The number of hydrogen-bond donors (Lipinski definition) is 1. The zero-order valence-electron chi connectivity index (χ0n) is 13.4. The summed E-state index contributed by atoms with van der Waals surface area (Å²) >= 11 is 0. The van der Waals surface area contributed by atoms with Gasteiger partial charge in [-0.25, -0.2) is 0 Å². The molecule has 0 radical (unpaired) electrons. The molecular formula is C17H23NO3. The number of aliphatic hydroxyl groups is 1. The molecular weight excluding hydrogens is 266 g/mol. The topological polar surface area (TPSA) is 49.8 Å². The minimum absolute atomic E-state index is 0.00172. The van der Waals surface area contributed by atoms with Crippen molar-refractivity contribution >= 4 is 5.97 Å². The van der Waals surface area contributed by atoms with Crippen LogP contribution in [0, 0.1) is 0 Å². The molecule has 0 spiro atoms. The Bertz CT molecular complexity index is 496. The lowest BCUT2D eigenvalue weighted by Crippen LogP contribution is -2.43. The fourth-order valence-corrected chi connectivity index (χ4v) is 3.69. The van der Waals surface area contributed by atoms with E-state index in [9.17, 15) is 4.79 Å². The average Bonchev–Trinajstić information content (AvgIpc) is 2.75. The molecule has 0 aromatic heterocycles. The van der Waals surface area contributed by atoms with Crippen molar-refractivity contribution in [1.82, 2.24) is 4.90 Å². The third-order valence-electron chi connectivity index (χ3n) is 4.99. The van der Waals surface area contributed by atoms with Crippen LogP contribution in [-0.4, -0.2) is 49.3 Å². The number of aliphatic hydroxyl groups excluding tert-OH is 1. The number of hydrogen-bond acceptors (Lipinski definition) is 4. The summed E-state index contributed by atoms with van der Waals surface area (Å²) in [4.78, 5) is 14.9. The number of esters is 1. The van der Waals surface area contributed by atoms with Gasteiger partial charge in [0.1, 0.15) is 12.0 Å². The summed E-state index contributed by atoms with van der Waals surface area (Å²) in [6.07, 6.45) is 4.24. The Morgan fingerprint density at radius 3 is 2.67 bits per heavy atom. The van der Waals surface area contributed by atoms with Crippen LogP contribution >= 0.6 is 0 Å². The Hall–Kier alpha value is -1.39. The van der Waals surface area contributed by atoms with Gasteiger partial charge in [0.05, 0.1) is 6.61 Å². The van der Waals surface area contributed by atoms with E-state index in [1.54, 1.807) is 0 Å². The molecule has 0 saturated carbocycles. The second-order valence-corrected chi connectivity index (χ2v) is 6.21. The first-order valence-electron chi connectivity index (χ1n) is 8.15. The number of ether oxygens (including phenoxy) is 1. The molecule has 2 aliphatic rings. The lowest BCUT2D eigenvalue weighted by atomic mass is 9.98. The Balaban J connectivity index is 1.65. The molecule has 2 fully saturated rings. The van der Waals surface area contributed by atoms with E-state index in [0.717, 1.165) is 18.4 Å². The van der Waals surface area contributed by atoms with Gasteiger partial charge in [0.2, 0.25) is 1.43 Å². The van der Waals surface area contributed by atoms with Gasteiger partial charge in [-0.3, -0.25) is 4.79 Å². The van der Waals surface area contributed by atoms with E-state index in [1.807, 2.05) is 30.3 Å². The highest BCUT2D eigenvalue weighted by Crippen LogP contribution is 2.36. The predicted octanol–water partition coefficient (Wildman–Crippen LogP) is 1.93. The number of carbonyl (C=O) groups is 1. The fraction of sp³-hybridized carbons (Fsp3) is 0.588. The smallest absolute Gasteiger partial charge is 0.316 e. The van der Waals surface area contributed by atoms with Gasteiger partial charge in [0, 0.05) is 12.1 Å². The van der Waals surface area contributed by atoms with Crippen LogP contribution in [0.25, 0.3) is 0 Å². The van der Waals surface area contributed by atoms with E-state index in [0.29, 0.717) is 12.1 Å². The molecule has 2 saturated heterocycles. The highest BCUT2D eigenvalue weighted by molar-refractivity contribution is 5.78. The van der Waals surface area contributed by atoms with E-state index in [1.165, 1.54) is 12.8 Å². The number of carbonyl (C=O) groups excluding carboxylic acids is 1. The third-order valence-corrected chi connectivity index (χ3v) is 4.99. The number of piperidine rings is 1. The molecule has 2 aliphatic heterocycles. The molecule has 3 rings (SSSR count). The summed E-state index contributed by atoms with van der Waals surface area (Å²) in [5, 5.41) is 4.48. The van der Waals surface area contributed by atoms with E-state index >= 15 is 0 Å². The maximum Gasteiger partial charge on any atom is 0.316 e. The Labute approximate surface area is 127 Å². The van der Waals surface area contributed by atoms with E-state index in [-0.39, 0.29) is 18.7 Å². The van der Waals surface area contributed by atoms with Gasteiger partial charge >= 0.3 is 5.97 Å². The molecule has 1 N–H and O–H groups in total. The van der Waals surface area contributed by atoms with Gasteiger partial charge in [0.15, 0.2) is 0 Å². The lowest BCUT2D eigenvalue weighted by Gasteiger charge is -2.36. The Kier molecular flexibility index (Phi) is 3.90. The van der Waals surface area contributed by atoms with Crippen LogP contribution < -0.4 is 0 Å². The van der Waals surface area contributed by atoms with Gasteiger partial charge < -0.3 is 14.7 Å². The Morgan fingerprint density at radius 1 is 1.38 bits per heavy atom. The van der Waals surface area contributed by atoms with Gasteiger partial charge in [-0.15, -0.1) is 0 Å². The van der Waals surface area contributed by atoms with Crippen LogP contribution in [-0.2, 0) is 9.53 Å². The van der Waals surface area contributed by atoms with Gasteiger partial charge in [-0.05, 0) is 38.3 Å². The molecule has 3 unspecified atom stereocenters. The SMILES string of the molecule is [2H]OCC(C(=O)OC1CC2CC[C@H](C1)N2C)c1ccccc1. The van der Waals surface area contributed by atoms with E-state index in [2.05, 4.69) is 17.1 Å². The quantitative estimate of drug-likeness (QED) is 0.842. The van der Waals surface area contributed by atoms with E-state index in [4.69, 9.17) is 6.17 Å². The van der Waals surface area contributed by atoms with Crippen molar-refractivity contribution in [2.45, 2.75) is 49.8 Å². The largest absolute Gasteiger partial charge is 0.462 e. The molecule has 4 heteroatoms. The molecule has 2 heterocycles. The molecule has 0 aliphatic carbocycles. The summed E-state index contributed by atoms with van der Waals surface area (Å²) in [6, 6.07) is 10.5. The number of nitrogens with zero attached hydrogens (tertiary/aromatic N) is 1. The number of rotatable bonds is 5. The van der Waals surface area contributed by atoms with Gasteiger partial charge in [-0.2, -0.15) is 0 Å². The number of benzene rings is 1. The molecule has 4 atom stereocenters. The van der Waals surface area contributed by atoms with Crippen molar-refractivity contribution in [2.24, 2.45) is 0 Å². The standard InChI is InChI=1S/C17H23NO3/c1-18-13-7-8-14(18)10-15(9-13)21-17(20)16(11-19)12-5-3-2-4-6-12/h2-6,13-16,19H,7-11H2,1H3/t13-,14?,15?,16?/m1/s1/i19D. The van der Waals surface area contributed by atoms with Crippen LogP contribution in [0.5, 0.6) is 0 Å². The summed E-state index contributed by atoms with van der Waals surface area (Å²) in [5.41, 5.74) is 0.843. The van der Waals surface area contributed by atoms with Gasteiger partial charge in [-0.1, -0.05) is 30.3 Å². The zero-order chi connectivity index (χ0) is 15.5. The minimum atomic E-state index is -0.518. The molecule has 114 valence electrons. The van der Waals surface area contributed by atoms with Crippen molar-refractivity contribution < 1.29 is 14.6 Å². The van der Waals surface area contributed by atoms with Crippen molar-refractivity contribution in [2.75, 3.05) is 13.7 Å². The third kappa shape index (κ3) is 2.97. The normalized spacial score (nSPS) is 30.7. The van der Waals surface area contributed by atoms with Crippen molar-refractivity contribution in [3.63, 3.8) is 0 Å². The second-order valence-electron chi connectivity index (χ2n) is 6.21. The highest BCUT2D eigenvalue weighted by atomic mass is 16.5. The van der Waals surface area contributed by atoms with E-state index < -0.39 is 5.92 Å². The molecule has 1 aromatic rings. The molecule has 0 amide bonds. The van der Waals surface area contributed by atoms with Crippen LogP contribution in [0.15, 0.2) is 30.3 Å². The first-order chi connectivity index (χ1) is 10.7. The summed E-state index contributed by atoms with van der Waals surface area (Å²) in [6.45, 7) is 0.0301.